The predicted octanol–water partition coefficient (Wildman–Crippen LogP) is 4.56. The summed E-state index contributed by atoms with van der Waals surface area (Å²) >= 11 is 6.88. The van der Waals surface area contributed by atoms with Gasteiger partial charge in [0.1, 0.15) is 18.1 Å². The molecule has 1 N–H and O–H groups in total. The molecule has 22 heavy (non-hydrogen) atoms. The Morgan fingerprint density at radius 1 is 1.09 bits per heavy atom. The van der Waals surface area contributed by atoms with Gasteiger partial charge >= 0.3 is 5.97 Å². The third-order valence-electron chi connectivity index (χ3n) is 2.83. The van der Waals surface area contributed by atoms with E-state index in [-0.39, 0.29) is 6.61 Å². The molecule has 0 saturated heterocycles. The van der Waals surface area contributed by atoms with Crippen LogP contribution in [0.1, 0.15) is 11.1 Å². The Labute approximate surface area is 145 Å². The third-order valence-corrected chi connectivity index (χ3v) is 3.74. The van der Waals surface area contributed by atoms with Crippen molar-refractivity contribution in [2.75, 3.05) is 6.61 Å². The number of benzene rings is 2. The average Bonchev–Trinajstić information content (AvgIpc) is 2.43. The summed E-state index contributed by atoms with van der Waals surface area (Å²) in [5.74, 6) is 0.246. The Morgan fingerprint density at radius 3 is 2.36 bits per heavy atom. The number of halogens is 2. The van der Waals surface area contributed by atoms with E-state index < -0.39 is 5.97 Å². The van der Waals surface area contributed by atoms with Gasteiger partial charge in [0.15, 0.2) is 6.61 Å². The molecule has 0 aromatic heterocycles. The van der Waals surface area contributed by atoms with Crippen LogP contribution < -0.4 is 9.47 Å². The van der Waals surface area contributed by atoms with Crippen molar-refractivity contribution in [3.05, 3.63) is 56.5 Å². The molecular formula is C16H14Br2O4. The van der Waals surface area contributed by atoms with Crippen LogP contribution in [-0.4, -0.2) is 17.7 Å². The molecule has 2 rings (SSSR count). The maximum atomic E-state index is 10.5. The first-order valence-electron chi connectivity index (χ1n) is 6.47. The number of aryl methyl sites for hydroxylation is 1. The highest BCUT2D eigenvalue weighted by atomic mass is 79.9. The monoisotopic (exact) mass is 428 g/mol. The molecule has 2 aromatic rings. The van der Waals surface area contributed by atoms with Gasteiger partial charge in [-0.1, -0.05) is 31.9 Å². The van der Waals surface area contributed by atoms with E-state index >= 15 is 0 Å². The molecule has 116 valence electrons. The summed E-state index contributed by atoms with van der Waals surface area (Å²) < 4.78 is 12.9. The molecule has 0 unspecified atom stereocenters. The van der Waals surface area contributed by atoms with Crippen LogP contribution in [-0.2, 0) is 11.4 Å². The lowest BCUT2D eigenvalue weighted by atomic mass is 10.2. The van der Waals surface area contributed by atoms with Crippen molar-refractivity contribution in [3.63, 3.8) is 0 Å². The molecule has 0 saturated carbocycles. The van der Waals surface area contributed by atoms with Gasteiger partial charge < -0.3 is 14.6 Å². The quantitative estimate of drug-likeness (QED) is 0.731. The SMILES string of the molecule is Cc1cc(OCc2cc(Br)cc(Br)c2)ccc1OCC(=O)O. The molecule has 6 heteroatoms. The van der Waals surface area contributed by atoms with Gasteiger partial charge in [-0.05, 0) is 54.4 Å². The summed E-state index contributed by atoms with van der Waals surface area (Å²) in [5.41, 5.74) is 1.86. The molecule has 2 aromatic carbocycles. The Hall–Kier alpha value is -1.53. The number of carbonyl (C=O) groups is 1. The maximum Gasteiger partial charge on any atom is 0.341 e. The van der Waals surface area contributed by atoms with Crippen LogP contribution in [0, 0.1) is 6.92 Å². The van der Waals surface area contributed by atoms with Crippen molar-refractivity contribution in [2.45, 2.75) is 13.5 Å². The van der Waals surface area contributed by atoms with Gasteiger partial charge in [0.25, 0.3) is 0 Å². The van der Waals surface area contributed by atoms with Gasteiger partial charge in [-0.25, -0.2) is 4.79 Å². The first kappa shape index (κ1) is 16.8. The normalized spacial score (nSPS) is 10.3. The Bertz CT molecular complexity index is 666. The van der Waals surface area contributed by atoms with Gasteiger partial charge in [-0.2, -0.15) is 0 Å². The summed E-state index contributed by atoms with van der Waals surface area (Å²) in [6, 6.07) is 11.2. The molecule has 0 heterocycles. The molecule has 0 aliphatic carbocycles. The second-order valence-corrected chi connectivity index (χ2v) is 6.51. The lowest BCUT2D eigenvalue weighted by Gasteiger charge is -2.11. The van der Waals surface area contributed by atoms with Crippen molar-refractivity contribution in [1.82, 2.24) is 0 Å². The summed E-state index contributed by atoms with van der Waals surface area (Å²) in [6.07, 6.45) is 0. The molecule has 0 atom stereocenters. The first-order chi connectivity index (χ1) is 10.4. The van der Waals surface area contributed by atoms with E-state index in [9.17, 15) is 4.79 Å². The second-order valence-electron chi connectivity index (χ2n) is 4.68. The van der Waals surface area contributed by atoms with Crippen LogP contribution in [0.4, 0.5) is 0 Å². The zero-order chi connectivity index (χ0) is 16.1. The fourth-order valence-corrected chi connectivity index (χ4v) is 3.26. The first-order valence-corrected chi connectivity index (χ1v) is 8.05. The lowest BCUT2D eigenvalue weighted by molar-refractivity contribution is -0.139. The fourth-order valence-electron chi connectivity index (χ4n) is 1.87. The standard InChI is InChI=1S/C16H14Br2O4/c1-10-4-14(2-3-15(10)22-9-16(19)20)21-8-11-5-12(17)7-13(18)6-11/h2-7H,8-9H2,1H3,(H,19,20). The van der Waals surface area contributed by atoms with Crippen LogP contribution in [0.25, 0.3) is 0 Å². The zero-order valence-corrected chi connectivity index (χ0v) is 15.0. The largest absolute Gasteiger partial charge is 0.489 e. The van der Waals surface area contributed by atoms with Gasteiger partial charge in [0.2, 0.25) is 0 Å². The van der Waals surface area contributed by atoms with E-state index in [0.717, 1.165) is 20.1 Å². The molecule has 0 aliphatic heterocycles. The molecule has 4 nitrogen and oxygen atoms in total. The summed E-state index contributed by atoms with van der Waals surface area (Å²) in [4.78, 5) is 10.5. The van der Waals surface area contributed by atoms with Gasteiger partial charge in [-0.3, -0.25) is 0 Å². The van der Waals surface area contributed by atoms with E-state index in [1.54, 1.807) is 12.1 Å². The number of ether oxygens (including phenoxy) is 2. The van der Waals surface area contributed by atoms with Crippen LogP contribution in [0.2, 0.25) is 0 Å². The third kappa shape index (κ3) is 5.03. The van der Waals surface area contributed by atoms with Crippen molar-refractivity contribution in [3.8, 4) is 11.5 Å². The smallest absolute Gasteiger partial charge is 0.341 e. The molecular weight excluding hydrogens is 416 g/mol. The number of aliphatic carboxylic acids is 1. The van der Waals surface area contributed by atoms with Crippen LogP contribution in [0.3, 0.4) is 0 Å². The van der Waals surface area contributed by atoms with E-state index in [1.165, 1.54) is 0 Å². The second kappa shape index (κ2) is 7.65. The van der Waals surface area contributed by atoms with E-state index in [0.29, 0.717) is 18.1 Å². The zero-order valence-electron chi connectivity index (χ0n) is 11.8. The Balaban J connectivity index is 2.01. The summed E-state index contributed by atoms with van der Waals surface area (Å²) in [7, 11) is 0. The van der Waals surface area contributed by atoms with Crippen molar-refractivity contribution in [2.24, 2.45) is 0 Å². The number of carboxylic acids is 1. The summed E-state index contributed by atoms with van der Waals surface area (Å²) in [5, 5.41) is 8.62. The minimum absolute atomic E-state index is 0.354. The number of rotatable bonds is 6. The van der Waals surface area contributed by atoms with Gasteiger partial charge in [0, 0.05) is 8.95 Å². The summed E-state index contributed by atoms with van der Waals surface area (Å²) in [6.45, 7) is 1.93. The Kier molecular flexibility index (Phi) is 5.85. The molecule has 0 spiro atoms. The number of hydrogen-bond acceptors (Lipinski definition) is 3. The highest BCUT2D eigenvalue weighted by molar-refractivity contribution is 9.11. The lowest BCUT2D eigenvalue weighted by Crippen LogP contribution is -2.10. The minimum atomic E-state index is -1.00. The van der Waals surface area contributed by atoms with E-state index in [2.05, 4.69) is 31.9 Å². The minimum Gasteiger partial charge on any atom is -0.489 e. The molecule has 0 bridgehead atoms. The highest BCUT2D eigenvalue weighted by Gasteiger charge is 2.05. The van der Waals surface area contributed by atoms with E-state index in [4.69, 9.17) is 14.6 Å². The topological polar surface area (TPSA) is 55.8 Å². The van der Waals surface area contributed by atoms with Crippen LogP contribution in [0.5, 0.6) is 11.5 Å². The van der Waals surface area contributed by atoms with Crippen molar-refractivity contribution < 1.29 is 19.4 Å². The van der Waals surface area contributed by atoms with Gasteiger partial charge in [-0.15, -0.1) is 0 Å². The fraction of sp³-hybridized carbons (Fsp3) is 0.188. The molecule has 0 amide bonds. The van der Waals surface area contributed by atoms with E-state index in [1.807, 2.05) is 31.2 Å². The highest BCUT2D eigenvalue weighted by Crippen LogP contribution is 2.25. The molecule has 0 aliphatic rings. The van der Waals surface area contributed by atoms with Crippen LogP contribution >= 0.6 is 31.9 Å². The number of hydrogen-bond donors (Lipinski definition) is 1. The van der Waals surface area contributed by atoms with Crippen molar-refractivity contribution >= 4 is 37.8 Å². The van der Waals surface area contributed by atoms with Crippen molar-refractivity contribution in [1.29, 1.82) is 0 Å². The molecule has 0 radical (unpaired) electrons. The molecule has 0 fully saturated rings. The number of carboxylic acid groups (broad SMARTS) is 1. The average molecular weight is 430 g/mol. The van der Waals surface area contributed by atoms with Crippen LogP contribution in [0.15, 0.2) is 45.3 Å². The van der Waals surface area contributed by atoms with Gasteiger partial charge in [0.05, 0.1) is 0 Å². The Morgan fingerprint density at radius 2 is 1.77 bits per heavy atom. The maximum absolute atomic E-state index is 10.5. The predicted molar refractivity (Wildman–Crippen MR) is 90.5 cm³/mol.